The molecule has 2 heterocycles. The molecule has 0 radical (unpaired) electrons. The summed E-state index contributed by atoms with van der Waals surface area (Å²) in [5.41, 5.74) is 12.4. The van der Waals surface area contributed by atoms with Gasteiger partial charge in [-0.1, -0.05) is 152 Å². The van der Waals surface area contributed by atoms with Crippen LogP contribution in [0.25, 0.3) is 76.5 Å². The largest absolute Gasteiger partial charge is 0.456 e. The molecule has 0 saturated carbocycles. The highest BCUT2D eigenvalue weighted by molar-refractivity contribution is 6.26. The van der Waals surface area contributed by atoms with Gasteiger partial charge in [0, 0.05) is 50.1 Å². The molecule has 0 unspecified atom stereocenters. The topological polar surface area (TPSA) is 28.9 Å². The minimum atomic E-state index is 0.802. The van der Waals surface area contributed by atoms with E-state index in [1.54, 1.807) is 0 Å². The molecular formula is C60H38N2O2. The molecule has 0 saturated heterocycles. The van der Waals surface area contributed by atoms with Crippen molar-refractivity contribution >= 4 is 88.4 Å². The van der Waals surface area contributed by atoms with Gasteiger partial charge in [-0.05, 0) is 105 Å². The Morgan fingerprint density at radius 1 is 0.297 bits per heavy atom. The molecule has 300 valence electrons. The van der Waals surface area contributed by atoms with Crippen molar-refractivity contribution in [2.24, 2.45) is 0 Å². The second kappa shape index (κ2) is 14.5. The van der Waals surface area contributed by atoms with Gasteiger partial charge >= 0.3 is 0 Å². The van der Waals surface area contributed by atoms with Crippen molar-refractivity contribution in [3.05, 3.63) is 231 Å². The molecule has 12 aromatic rings. The Kier molecular flexibility index (Phi) is 8.18. The zero-order valence-electron chi connectivity index (χ0n) is 34.7. The van der Waals surface area contributed by atoms with E-state index in [1.807, 2.05) is 12.1 Å². The summed E-state index contributed by atoms with van der Waals surface area (Å²) in [7, 11) is 0. The van der Waals surface area contributed by atoms with Crippen molar-refractivity contribution < 1.29 is 9.15 Å². The van der Waals surface area contributed by atoms with Gasteiger partial charge in [-0.3, -0.25) is 0 Å². The Morgan fingerprint density at radius 3 is 1.70 bits per heavy atom. The van der Waals surface area contributed by atoms with E-state index in [9.17, 15) is 0 Å². The van der Waals surface area contributed by atoms with Gasteiger partial charge in [0.15, 0.2) is 5.58 Å². The number of ether oxygens (including phenoxy) is 1. The molecule has 1 aromatic heterocycles. The molecule has 0 atom stereocenters. The molecule has 4 nitrogen and oxygen atoms in total. The number of anilines is 6. The summed E-state index contributed by atoms with van der Waals surface area (Å²) in [6.07, 6.45) is 0. The average Bonchev–Trinajstić information content (AvgIpc) is 3.75. The van der Waals surface area contributed by atoms with E-state index >= 15 is 0 Å². The van der Waals surface area contributed by atoms with E-state index in [0.717, 1.165) is 101 Å². The van der Waals surface area contributed by atoms with Crippen molar-refractivity contribution in [3.63, 3.8) is 0 Å². The predicted octanol–water partition coefficient (Wildman–Crippen LogP) is 17.4. The molecule has 0 fully saturated rings. The lowest BCUT2D eigenvalue weighted by Gasteiger charge is -2.30. The molecule has 1 aliphatic heterocycles. The van der Waals surface area contributed by atoms with Crippen LogP contribution in [0.15, 0.2) is 235 Å². The quantitative estimate of drug-likeness (QED) is 0.150. The summed E-state index contributed by atoms with van der Waals surface area (Å²) in [5, 5.41) is 9.19. The third-order valence-electron chi connectivity index (χ3n) is 12.8. The molecule has 4 heteroatoms. The van der Waals surface area contributed by atoms with Gasteiger partial charge in [0.2, 0.25) is 0 Å². The maximum Gasteiger partial charge on any atom is 0.159 e. The summed E-state index contributed by atoms with van der Waals surface area (Å²) >= 11 is 0. The van der Waals surface area contributed by atoms with Crippen LogP contribution in [0, 0.1) is 0 Å². The highest BCUT2D eigenvalue weighted by atomic mass is 16.5. The maximum atomic E-state index is 7.05. The highest BCUT2D eigenvalue weighted by Gasteiger charge is 2.27. The fraction of sp³-hybridized carbons (Fsp3) is 0. The Hall–Kier alpha value is -8.60. The van der Waals surface area contributed by atoms with Crippen LogP contribution in [-0.2, 0) is 0 Å². The van der Waals surface area contributed by atoms with E-state index in [4.69, 9.17) is 9.15 Å². The van der Waals surface area contributed by atoms with E-state index < -0.39 is 0 Å². The molecule has 0 spiro atoms. The van der Waals surface area contributed by atoms with Gasteiger partial charge in [0.05, 0.1) is 22.7 Å². The SMILES string of the molecule is c1ccc(-c2ccccc2N(c2ccc3c(c2)Oc2cccc4c2c-3cc2c3ccccc3c(N(c3ccccc3)c3ccccc3)cc42)c2cccc3c2oc2ccccc23)cc1. The monoisotopic (exact) mass is 818 g/mol. The number of rotatable bonds is 7. The number of nitrogens with zero attached hydrogens (tertiary/aromatic N) is 2. The smallest absolute Gasteiger partial charge is 0.159 e. The minimum Gasteiger partial charge on any atom is -0.456 e. The van der Waals surface area contributed by atoms with Crippen molar-refractivity contribution in [3.8, 4) is 33.8 Å². The Balaban J connectivity index is 1.03. The molecule has 1 aliphatic rings. The van der Waals surface area contributed by atoms with Gasteiger partial charge in [-0.15, -0.1) is 0 Å². The van der Waals surface area contributed by atoms with Gasteiger partial charge in [0.1, 0.15) is 17.1 Å². The molecule has 0 amide bonds. The molecule has 0 N–H and O–H groups in total. The first-order valence-electron chi connectivity index (χ1n) is 21.8. The summed E-state index contributed by atoms with van der Waals surface area (Å²) in [6.45, 7) is 0. The van der Waals surface area contributed by atoms with Crippen molar-refractivity contribution in [2.45, 2.75) is 0 Å². The minimum absolute atomic E-state index is 0.802. The summed E-state index contributed by atoms with van der Waals surface area (Å²) < 4.78 is 13.8. The standard InChI is InChI=1S/C60H38N2O2/c1-4-18-39(19-5-1)43-24-12-14-30-53(43)62(54-31-16-29-49-46-27-13-15-32-56(46)64-60(49)54)42-34-35-47-52-37-50-44-25-10-11-26-45(44)55(61(40-20-6-2-7-21-40)41-22-8-3-9-23-41)38-51(50)48-28-17-33-57(59(48)52)63-58(47)36-42/h1-38H. The highest BCUT2D eigenvalue weighted by Crippen LogP contribution is 2.54. The molecule has 64 heavy (non-hydrogen) atoms. The second-order valence-corrected chi connectivity index (χ2v) is 16.4. The predicted molar refractivity (Wildman–Crippen MR) is 267 cm³/mol. The maximum absolute atomic E-state index is 7.05. The van der Waals surface area contributed by atoms with E-state index in [2.05, 4.69) is 228 Å². The van der Waals surface area contributed by atoms with E-state index in [1.165, 1.54) is 21.5 Å². The van der Waals surface area contributed by atoms with Crippen LogP contribution < -0.4 is 14.5 Å². The zero-order valence-corrected chi connectivity index (χ0v) is 34.7. The number of hydrogen-bond acceptors (Lipinski definition) is 4. The lowest BCUT2D eigenvalue weighted by molar-refractivity contribution is 0.487. The fourth-order valence-electron chi connectivity index (χ4n) is 9.99. The average molecular weight is 819 g/mol. The van der Waals surface area contributed by atoms with Crippen molar-refractivity contribution in [1.82, 2.24) is 0 Å². The van der Waals surface area contributed by atoms with Crippen LogP contribution in [0.2, 0.25) is 0 Å². The normalized spacial score (nSPS) is 11.9. The van der Waals surface area contributed by atoms with Crippen molar-refractivity contribution in [2.75, 3.05) is 9.80 Å². The third-order valence-corrected chi connectivity index (χ3v) is 12.8. The van der Waals surface area contributed by atoms with Crippen LogP contribution in [-0.4, -0.2) is 0 Å². The zero-order chi connectivity index (χ0) is 42.1. The van der Waals surface area contributed by atoms with Gasteiger partial charge < -0.3 is 19.0 Å². The van der Waals surface area contributed by atoms with Crippen LogP contribution in [0.1, 0.15) is 0 Å². The van der Waals surface area contributed by atoms with E-state index in [-0.39, 0.29) is 0 Å². The van der Waals surface area contributed by atoms with Crippen LogP contribution in [0.4, 0.5) is 34.1 Å². The number of fused-ring (bicyclic) bond motifs is 9. The molecule has 11 aromatic carbocycles. The summed E-state index contributed by atoms with van der Waals surface area (Å²) in [4.78, 5) is 4.70. The van der Waals surface area contributed by atoms with Crippen LogP contribution >= 0.6 is 0 Å². The Labute approximate surface area is 370 Å². The molecule has 0 bridgehead atoms. The molecule has 13 rings (SSSR count). The van der Waals surface area contributed by atoms with Crippen molar-refractivity contribution in [1.29, 1.82) is 0 Å². The number of para-hydroxylation sites is 5. The lowest BCUT2D eigenvalue weighted by atomic mass is 9.88. The first-order chi connectivity index (χ1) is 31.8. The Bertz CT molecular complexity index is 3730. The third kappa shape index (κ3) is 5.63. The first-order valence-corrected chi connectivity index (χ1v) is 21.8. The summed E-state index contributed by atoms with van der Waals surface area (Å²) in [6, 6.07) is 81.9. The number of hydrogen-bond donors (Lipinski definition) is 0. The van der Waals surface area contributed by atoms with E-state index in [0.29, 0.717) is 0 Å². The second-order valence-electron chi connectivity index (χ2n) is 16.4. The number of benzene rings is 11. The molecule has 0 aliphatic carbocycles. The van der Waals surface area contributed by atoms with Gasteiger partial charge in [-0.2, -0.15) is 0 Å². The van der Waals surface area contributed by atoms with Gasteiger partial charge in [0.25, 0.3) is 0 Å². The van der Waals surface area contributed by atoms with Crippen LogP contribution in [0.5, 0.6) is 11.5 Å². The Morgan fingerprint density at radius 2 is 0.906 bits per heavy atom. The first kappa shape index (κ1) is 36.1. The lowest BCUT2D eigenvalue weighted by Crippen LogP contribution is -2.12. The fourth-order valence-corrected chi connectivity index (χ4v) is 9.99. The molecular weight excluding hydrogens is 781 g/mol. The number of furan rings is 1. The summed E-state index contributed by atoms with van der Waals surface area (Å²) in [5.74, 6) is 1.64. The van der Waals surface area contributed by atoms with Gasteiger partial charge in [-0.25, -0.2) is 0 Å². The van der Waals surface area contributed by atoms with Crippen LogP contribution in [0.3, 0.4) is 0 Å².